The van der Waals surface area contributed by atoms with Crippen molar-refractivity contribution < 1.29 is 65.0 Å². The molecule has 0 spiro atoms. The lowest BCUT2D eigenvalue weighted by atomic mass is 9.71. The van der Waals surface area contributed by atoms with Crippen LogP contribution in [0.3, 0.4) is 0 Å². The minimum atomic E-state index is -1.72. The predicted molar refractivity (Wildman–Crippen MR) is 132 cm³/mol. The molecule has 13 heteroatoms. The van der Waals surface area contributed by atoms with Gasteiger partial charge in [-0.15, -0.1) is 0 Å². The number of aliphatic hydroxyl groups excluding tert-OH is 7. The van der Waals surface area contributed by atoms with Gasteiger partial charge < -0.3 is 60.2 Å². The Kier molecular flexibility index (Phi) is 7.89. The number of carbonyl (C=O) groups is 1. The van der Waals surface area contributed by atoms with Crippen molar-refractivity contribution in [1.29, 1.82) is 0 Å². The zero-order valence-corrected chi connectivity index (χ0v) is 21.3. The van der Waals surface area contributed by atoms with Crippen LogP contribution in [0, 0.1) is 0 Å². The number of hydrogen-bond donors (Lipinski definition) is 9. The van der Waals surface area contributed by atoms with Crippen LogP contribution in [-0.4, -0.2) is 120 Å². The summed E-state index contributed by atoms with van der Waals surface area (Å²) < 4.78 is 16.9. The maximum Gasteiger partial charge on any atom is 0.201 e. The zero-order chi connectivity index (χ0) is 29.0. The summed E-state index contributed by atoms with van der Waals surface area (Å²) in [5.41, 5.74) is 0.319. The normalized spacial score (nSPS) is 37.6. The smallest absolute Gasteiger partial charge is 0.201 e. The van der Waals surface area contributed by atoms with Crippen LogP contribution in [0.4, 0.5) is 0 Å². The molecule has 9 N–H and O–H groups in total. The number of carbonyl (C=O) groups excluding carboxylic acids is 1. The summed E-state index contributed by atoms with van der Waals surface area (Å²) in [6, 6.07) is 6.99. The Morgan fingerprint density at radius 3 is 2.17 bits per heavy atom. The average molecular weight is 565 g/mol. The molecule has 13 nitrogen and oxygen atoms in total. The zero-order valence-electron chi connectivity index (χ0n) is 21.3. The molecule has 4 unspecified atom stereocenters. The number of phenols is 2. The highest BCUT2D eigenvalue weighted by Crippen LogP contribution is 2.47. The average Bonchev–Trinajstić information content (AvgIpc) is 2.92. The Morgan fingerprint density at radius 1 is 0.800 bits per heavy atom. The highest BCUT2D eigenvalue weighted by atomic mass is 16.7. The third-order valence-corrected chi connectivity index (χ3v) is 7.89. The van der Waals surface area contributed by atoms with Gasteiger partial charge in [0.05, 0.1) is 36.5 Å². The van der Waals surface area contributed by atoms with Crippen molar-refractivity contribution in [3.8, 4) is 11.5 Å². The number of benzene rings is 2. The molecule has 0 radical (unpaired) electrons. The van der Waals surface area contributed by atoms with E-state index in [1.54, 1.807) is 0 Å². The molecule has 2 heterocycles. The van der Waals surface area contributed by atoms with E-state index in [-0.39, 0.29) is 40.2 Å². The van der Waals surface area contributed by atoms with Gasteiger partial charge in [0.15, 0.2) is 6.29 Å². The van der Waals surface area contributed by atoms with E-state index in [1.807, 2.05) is 0 Å². The van der Waals surface area contributed by atoms with Crippen LogP contribution in [0.1, 0.15) is 45.5 Å². The Morgan fingerprint density at radius 2 is 1.48 bits per heavy atom. The maximum atomic E-state index is 13.5. The van der Waals surface area contributed by atoms with Gasteiger partial charge in [-0.05, 0) is 35.7 Å². The van der Waals surface area contributed by atoms with Gasteiger partial charge in [0, 0.05) is 5.92 Å². The van der Waals surface area contributed by atoms with E-state index in [9.17, 15) is 50.8 Å². The molecule has 2 fully saturated rings. The quantitative estimate of drug-likeness (QED) is 0.191. The van der Waals surface area contributed by atoms with Crippen LogP contribution in [0.2, 0.25) is 0 Å². The van der Waals surface area contributed by atoms with E-state index in [0.717, 1.165) is 0 Å². The second-order valence-electron chi connectivity index (χ2n) is 10.4. The Hall–Kier alpha value is -2.69. The van der Waals surface area contributed by atoms with E-state index >= 15 is 0 Å². The molecule has 2 saturated heterocycles. The number of ether oxygens (including phenoxy) is 3. The largest absolute Gasteiger partial charge is 0.507 e. The molecule has 0 bridgehead atoms. The minimum Gasteiger partial charge on any atom is -0.507 e. The van der Waals surface area contributed by atoms with Gasteiger partial charge in [0.25, 0.3) is 0 Å². The predicted octanol–water partition coefficient (Wildman–Crippen LogP) is -2.04. The first-order chi connectivity index (χ1) is 19.0. The summed E-state index contributed by atoms with van der Waals surface area (Å²) in [4.78, 5) is 13.5. The lowest BCUT2D eigenvalue weighted by Gasteiger charge is -2.45. The van der Waals surface area contributed by atoms with Gasteiger partial charge in [-0.3, -0.25) is 4.79 Å². The first-order valence-corrected chi connectivity index (χ1v) is 12.8. The van der Waals surface area contributed by atoms with E-state index in [2.05, 4.69) is 0 Å². The summed E-state index contributed by atoms with van der Waals surface area (Å²) in [7, 11) is 0. The lowest BCUT2D eigenvalue weighted by molar-refractivity contribution is -0.296. The van der Waals surface area contributed by atoms with Gasteiger partial charge >= 0.3 is 0 Å². The molecule has 0 aromatic heterocycles. The number of ketones is 1. The van der Waals surface area contributed by atoms with Gasteiger partial charge in [0.2, 0.25) is 5.78 Å². The SMILES string of the molecule is CC1O[C@@H](OCc2cc(O)c3c(c2)[C@H]([C@@H]2OC(CO)[C@@H](O)[C@H](O)C2O)c2cccc(O)c2C3=O)C(O)[C@@H](O)[C@H]1O. The van der Waals surface area contributed by atoms with E-state index in [0.29, 0.717) is 0 Å². The molecule has 40 heavy (non-hydrogen) atoms. The Bertz CT molecular complexity index is 1270. The third-order valence-electron chi connectivity index (χ3n) is 7.89. The molecule has 0 saturated carbocycles. The van der Waals surface area contributed by atoms with Crippen molar-refractivity contribution in [2.75, 3.05) is 6.61 Å². The first-order valence-electron chi connectivity index (χ1n) is 12.8. The summed E-state index contributed by atoms with van der Waals surface area (Å²) in [5.74, 6) is -2.64. The topological polar surface area (TPSA) is 227 Å². The van der Waals surface area contributed by atoms with Crippen molar-refractivity contribution in [2.24, 2.45) is 0 Å². The molecule has 218 valence electrons. The number of hydrogen-bond acceptors (Lipinski definition) is 13. The second kappa shape index (κ2) is 10.9. The summed E-state index contributed by atoms with van der Waals surface area (Å²) >= 11 is 0. The minimum absolute atomic E-state index is 0.142. The highest BCUT2D eigenvalue weighted by Gasteiger charge is 2.50. The van der Waals surface area contributed by atoms with Crippen LogP contribution in [-0.2, 0) is 20.8 Å². The summed E-state index contributed by atoms with van der Waals surface area (Å²) in [5, 5.41) is 93.2. The van der Waals surface area contributed by atoms with E-state index in [1.165, 1.54) is 37.3 Å². The highest BCUT2D eigenvalue weighted by molar-refractivity contribution is 6.16. The monoisotopic (exact) mass is 564 g/mol. The molecule has 11 atom stereocenters. The summed E-state index contributed by atoms with van der Waals surface area (Å²) in [6.07, 6.45) is -14.2. The molecule has 2 aliphatic heterocycles. The van der Waals surface area contributed by atoms with Crippen LogP contribution < -0.4 is 0 Å². The van der Waals surface area contributed by atoms with Gasteiger partial charge in [-0.2, -0.15) is 0 Å². The first kappa shape index (κ1) is 28.8. The van der Waals surface area contributed by atoms with Crippen molar-refractivity contribution in [2.45, 2.75) is 80.7 Å². The molecule has 1 aliphatic carbocycles. The second-order valence-corrected chi connectivity index (χ2v) is 10.4. The Balaban J connectivity index is 1.55. The molecular formula is C27H32O13. The molecule has 2 aromatic rings. The molecule has 3 aliphatic rings. The van der Waals surface area contributed by atoms with Crippen molar-refractivity contribution in [3.05, 3.63) is 58.1 Å². The Labute approximate surface area is 228 Å². The molecule has 2 aromatic carbocycles. The fourth-order valence-electron chi connectivity index (χ4n) is 5.73. The van der Waals surface area contributed by atoms with Crippen molar-refractivity contribution in [3.63, 3.8) is 0 Å². The fourth-order valence-corrected chi connectivity index (χ4v) is 5.73. The number of fused-ring (bicyclic) bond motifs is 2. The molecular weight excluding hydrogens is 532 g/mol. The number of aromatic hydroxyl groups is 2. The number of aliphatic hydroxyl groups is 7. The van der Waals surface area contributed by atoms with E-state index in [4.69, 9.17) is 14.2 Å². The van der Waals surface area contributed by atoms with Crippen LogP contribution >= 0.6 is 0 Å². The van der Waals surface area contributed by atoms with Crippen LogP contribution in [0.25, 0.3) is 0 Å². The van der Waals surface area contributed by atoms with Gasteiger partial charge in [-0.25, -0.2) is 0 Å². The fraction of sp³-hybridized carbons (Fsp3) is 0.519. The number of rotatable bonds is 5. The third kappa shape index (κ3) is 4.67. The standard InChI is InChI=1S/C27H32O13/c1-9-19(31)22(34)25(37)27(39-9)38-8-10-5-12-16(26-24(36)23(35)20(32)15(7-28)40-26)11-3-2-4-13(29)17(11)21(33)18(12)14(30)6-10/h2-6,9,15-16,19-20,22-32,34-37H,7-8H2,1H3/t9?,15?,16-,19+,20-,22+,23+,24?,25?,26+,27-/m1/s1. The molecule has 5 rings (SSSR count). The van der Waals surface area contributed by atoms with Gasteiger partial charge in [0.1, 0.15) is 54.2 Å². The lowest BCUT2D eigenvalue weighted by Crippen LogP contribution is -2.60. The van der Waals surface area contributed by atoms with Crippen molar-refractivity contribution in [1.82, 2.24) is 0 Å². The van der Waals surface area contributed by atoms with E-state index < -0.39 is 85.3 Å². The van der Waals surface area contributed by atoms with Crippen molar-refractivity contribution >= 4 is 5.78 Å². The number of phenolic OH excluding ortho intramolecular Hbond substituents is 2. The van der Waals surface area contributed by atoms with Gasteiger partial charge in [-0.1, -0.05) is 18.2 Å². The maximum absolute atomic E-state index is 13.5. The molecule has 0 amide bonds. The summed E-state index contributed by atoms with van der Waals surface area (Å²) in [6.45, 7) is 0.514. The van der Waals surface area contributed by atoms with Crippen LogP contribution in [0.15, 0.2) is 30.3 Å². The van der Waals surface area contributed by atoms with Crippen LogP contribution in [0.5, 0.6) is 11.5 Å².